The van der Waals surface area contributed by atoms with Crippen LogP contribution >= 0.6 is 40.7 Å². The first kappa shape index (κ1) is 21.6. The van der Waals surface area contributed by atoms with Gasteiger partial charge >= 0.3 is 0 Å². The van der Waals surface area contributed by atoms with Gasteiger partial charge in [0.15, 0.2) is 0 Å². The Balaban J connectivity index is 0.00000220. The van der Waals surface area contributed by atoms with Gasteiger partial charge in [-0.3, -0.25) is 15.0 Å². The number of hydrogen-bond acceptors (Lipinski definition) is 4. The Morgan fingerprint density at radius 3 is 2.55 bits per heavy atom. The topological polar surface area (TPSA) is 58.4 Å². The van der Waals surface area contributed by atoms with Crippen molar-refractivity contribution in [3.63, 3.8) is 0 Å². The molecular weight excluding hydrogens is 393 g/mol. The molecule has 1 fully saturated rings. The summed E-state index contributed by atoms with van der Waals surface area (Å²) in [6, 6.07) is 5.78. The second-order valence-electron chi connectivity index (χ2n) is 5.06. The van der Waals surface area contributed by atoms with E-state index in [-0.39, 0.29) is 41.5 Å². The minimum atomic E-state index is -0.325. The minimum Gasteiger partial charge on any atom is -0.314 e. The number of benzene rings is 1. The molecule has 0 spiro atoms. The number of hydrogen-bond donors (Lipinski definition) is 1. The molecule has 1 aromatic rings. The van der Waals surface area contributed by atoms with E-state index in [0.29, 0.717) is 4.47 Å². The Labute approximate surface area is 151 Å². The van der Waals surface area contributed by atoms with Crippen LogP contribution in [-0.2, 0) is 0 Å². The maximum absolute atomic E-state index is 11.1. The van der Waals surface area contributed by atoms with Crippen molar-refractivity contribution in [2.75, 3.05) is 26.2 Å². The van der Waals surface area contributed by atoms with E-state index in [1.54, 1.807) is 12.1 Å². The third-order valence-corrected chi connectivity index (χ3v) is 4.38. The van der Waals surface area contributed by atoms with Crippen molar-refractivity contribution in [2.45, 2.75) is 25.8 Å². The number of halogens is 3. The van der Waals surface area contributed by atoms with Crippen LogP contribution in [0.5, 0.6) is 0 Å². The first-order chi connectivity index (χ1) is 9.63. The molecule has 0 saturated carbocycles. The number of nitrogens with zero attached hydrogens (tertiary/aromatic N) is 2. The van der Waals surface area contributed by atoms with Crippen LogP contribution in [0.4, 0.5) is 5.69 Å². The van der Waals surface area contributed by atoms with Crippen molar-refractivity contribution in [2.24, 2.45) is 0 Å². The summed E-state index contributed by atoms with van der Waals surface area (Å²) in [6.07, 6.45) is 2.09. The van der Waals surface area contributed by atoms with Crippen LogP contribution < -0.4 is 5.32 Å². The van der Waals surface area contributed by atoms with Gasteiger partial charge in [0, 0.05) is 38.3 Å². The minimum absolute atomic E-state index is 0. The monoisotopic (exact) mass is 413 g/mol. The molecule has 0 bridgehead atoms. The van der Waals surface area contributed by atoms with Gasteiger partial charge in [0.05, 0.1) is 9.40 Å². The van der Waals surface area contributed by atoms with Gasteiger partial charge < -0.3 is 5.32 Å². The summed E-state index contributed by atoms with van der Waals surface area (Å²) in [5.74, 6) is 0. The van der Waals surface area contributed by atoms with Crippen LogP contribution in [0.2, 0.25) is 0 Å². The molecule has 5 nitrogen and oxygen atoms in total. The number of nitro benzene ring substituents is 1. The average molecular weight is 415 g/mol. The first-order valence-corrected chi connectivity index (χ1v) is 7.81. The van der Waals surface area contributed by atoms with Gasteiger partial charge in [-0.15, -0.1) is 24.8 Å². The third kappa shape index (κ3) is 5.35. The molecule has 1 saturated heterocycles. The van der Waals surface area contributed by atoms with Gasteiger partial charge in [0.25, 0.3) is 5.69 Å². The lowest BCUT2D eigenvalue weighted by molar-refractivity contribution is -0.385. The largest absolute Gasteiger partial charge is 0.314 e. The molecule has 0 aliphatic carbocycles. The van der Waals surface area contributed by atoms with Gasteiger partial charge in [0.1, 0.15) is 0 Å². The molecule has 2 rings (SSSR count). The van der Waals surface area contributed by atoms with E-state index in [0.717, 1.165) is 44.6 Å². The Morgan fingerprint density at radius 1 is 1.36 bits per heavy atom. The fourth-order valence-electron chi connectivity index (χ4n) is 2.70. The third-order valence-electron chi connectivity index (χ3n) is 3.71. The van der Waals surface area contributed by atoms with Gasteiger partial charge in [-0.2, -0.15) is 0 Å². The SMILES string of the molecule is CCC[C@H](c1ccc(Br)c([N+](=O)[O-])c1)N1CCNCC1.Cl.Cl. The zero-order valence-electron chi connectivity index (χ0n) is 12.5. The summed E-state index contributed by atoms with van der Waals surface area (Å²) >= 11 is 3.25. The summed E-state index contributed by atoms with van der Waals surface area (Å²) in [4.78, 5) is 13.2. The fourth-order valence-corrected chi connectivity index (χ4v) is 3.10. The molecule has 1 aliphatic rings. The maximum Gasteiger partial charge on any atom is 0.283 e. The summed E-state index contributed by atoms with van der Waals surface area (Å²) in [5, 5.41) is 14.4. The van der Waals surface area contributed by atoms with E-state index < -0.39 is 0 Å². The lowest BCUT2D eigenvalue weighted by Gasteiger charge is -2.35. The molecule has 1 N–H and O–H groups in total. The molecule has 1 aromatic carbocycles. The van der Waals surface area contributed by atoms with E-state index >= 15 is 0 Å². The van der Waals surface area contributed by atoms with E-state index in [4.69, 9.17) is 0 Å². The Kier molecular flexibility index (Phi) is 10.2. The predicted molar refractivity (Wildman–Crippen MR) is 97.4 cm³/mol. The lowest BCUT2D eigenvalue weighted by Crippen LogP contribution is -2.45. The maximum atomic E-state index is 11.1. The van der Waals surface area contributed by atoms with E-state index in [9.17, 15) is 10.1 Å². The van der Waals surface area contributed by atoms with E-state index in [1.807, 2.05) is 6.07 Å². The quantitative estimate of drug-likeness (QED) is 0.585. The van der Waals surface area contributed by atoms with Crippen molar-refractivity contribution in [1.29, 1.82) is 0 Å². The first-order valence-electron chi connectivity index (χ1n) is 7.02. The van der Waals surface area contributed by atoms with Crippen molar-refractivity contribution in [1.82, 2.24) is 10.2 Å². The summed E-state index contributed by atoms with van der Waals surface area (Å²) in [6.45, 7) is 6.11. The zero-order valence-corrected chi connectivity index (χ0v) is 15.7. The Hall–Kier alpha value is -0.400. The highest BCUT2D eigenvalue weighted by Crippen LogP contribution is 2.32. The fraction of sp³-hybridized carbons (Fsp3) is 0.571. The molecule has 0 unspecified atom stereocenters. The predicted octanol–water partition coefficient (Wildman–Crippen LogP) is 3.95. The highest BCUT2D eigenvalue weighted by molar-refractivity contribution is 9.10. The zero-order chi connectivity index (χ0) is 14.5. The van der Waals surface area contributed by atoms with E-state index in [1.165, 1.54) is 0 Å². The van der Waals surface area contributed by atoms with Crippen LogP contribution in [0.25, 0.3) is 0 Å². The van der Waals surface area contributed by atoms with Crippen molar-refractivity contribution in [3.8, 4) is 0 Å². The number of nitro groups is 1. The molecule has 0 amide bonds. The van der Waals surface area contributed by atoms with Crippen LogP contribution in [0.15, 0.2) is 22.7 Å². The normalized spacial score (nSPS) is 16.3. The highest BCUT2D eigenvalue weighted by Gasteiger charge is 2.23. The molecular formula is C14H22BrCl2N3O2. The molecule has 126 valence electrons. The van der Waals surface area contributed by atoms with Gasteiger partial charge in [-0.1, -0.05) is 19.4 Å². The van der Waals surface area contributed by atoms with Gasteiger partial charge in [0.2, 0.25) is 0 Å². The highest BCUT2D eigenvalue weighted by atomic mass is 79.9. The van der Waals surface area contributed by atoms with Crippen molar-refractivity contribution >= 4 is 46.4 Å². The van der Waals surface area contributed by atoms with Crippen LogP contribution in [0, 0.1) is 10.1 Å². The van der Waals surface area contributed by atoms with Crippen LogP contribution in [-0.4, -0.2) is 36.0 Å². The molecule has 8 heteroatoms. The van der Waals surface area contributed by atoms with E-state index in [2.05, 4.69) is 33.1 Å². The molecule has 0 aromatic heterocycles. The Bertz CT molecular complexity index is 485. The Morgan fingerprint density at radius 2 is 2.00 bits per heavy atom. The summed E-state index contributed by atoms with van der Waals surface area (Å²) < 4.78 is 0.543. The molecule has 1 aliphatic heterocycles. The molecule has 22 heavy (non-hydrogen) atoms. The van der Waals surface area contributed by atoms with Crippen LogP contribution in [0.1, 0.15) is 31.4 Å². The van der Waals surface area contributed by atoms with Crippen molar-refractivity contribution < 1.29 is 4.92 Å². The van der Waals surface area contributed by atoms with Gasteiger partial charge in [-0.25, -0.2) is 0 Å². The lowest BCUT2D eigenvalue weighted by atomic mass is 9.99. The number of rotatable bonds is 5. The molecule has 1 atom stereocenters. The van der Waals surface area contributed by atoms with Crippen molar-refractivity contribution in [3.05, 3.63) is 38.3 Å². The smallest absolute Gasteiger partial charge is 0.283 e. The number of nitrogens with one attached hydrogen (secondary N) is 1. The summed E-state index contributed by atoms with van der Waals surface area (Å²) in [7, 11) is 0. The second kappa shape index (κ2) is 10.4. The molecule has 1 heterocycles. The van der Waals surface area contributed by atoms with Gasteiger partial charge in [-0.05, 0) is 34.0 Å². The average Bonchev–Trinajstić information content (AvgIpc) is 2.46. The second-order valence-corrected chi connectivity index (χ2v) is 5.91. The molecule has 0 radical (unpaired) electrons. The number of piperazine rings is 1. The standard InChI is InChI=1S/C14H20BrN3O2.2ClH/c1-2-3-13(17-8-6-16-7-9-17)11-4-5-12(15)14(10-11)18(19)20;;/h4-5,10,13,16H,2-3,6-9H2,1H3;2*1H/t13-;;/m1../s1. The van der Waals surface area contributed by atoms with Crippen LogP contribution in [0.3, 0.4) is 0 Å². The summed E-state index contributed by atoms with van der Waals surface area (Å²) in [5.41, 5.74) is 1.20.